The molecule has 1 heterocycles. The monoisotopic (exact) mass is 274 g/mol. The minimum atomic E-state index is 0.0932. The number of hydrogen-bond acceptors (Lipinski definition) is 4. The maximum absolute atomic E-state index is 8.49. The lowest BCUT2D eigenvalue weighted by atomic mass is 10.1. The lowest BCUT2D eigenvalue weighted by molar-refractivity contribution is 0.0115. The van der Waals surface area contributed by atoms with Crippen LogP contribution in [0.5, 0.6) is 5.75 Å². The smallest absolute Gasteiger partial charge is 0.174 e. The Labute approximate surface area is 120 Å². The van der Waals surface area contributed by atoms with Crippen LogP contribution in [-0.2, 0) is 11.3 Å². The van der Waals surface area contributed by atoms with Gasteiger partial charge >= 0.3 is 0 Å². The molecule has 1 aliphatic rings. The summed E-state index contributed by atoms with van der Waals surface area (Å²) < 4.78 is 11.0. The van der Waals surface area contributed by atoms with E-state index in [1.165, 1.54) is 24.8 Å². The van der Waals surface area contributed by atoms with Crippen LogP contribution in [0.2, 0.25) is 0 Å². The third-order valence-corrected chi connectivity index (χ3v) is 3.45. The van der Waals surface area contributed by atoms with Gasteiger partial charge in [0.05, 0.1) is 6.10 Å². The molecule has 2 rings (SSSR count). The second kappa shape index (κ2) is 8.57. The summed E-state index contributed by atoms with van der Waals surface area (Å²) in [4.78, 5) is 0. The van der Waals surface area contributed by atoms with Gasteiger partial charge in [-0.1, -0.05) is 12.1 Å². The van der Waals surface area contributed by atoms with Gasteiger partial charge in [-0.05, 0) is 49.9 Å². The minimum absolute atomic E-state index is 0.0932. The minimum Gasteiger partial charge on any atom is -0.479 e. The first-order chi connectivity index (χ1) is 9.88. The molecule has 1 atom stereocenters. The number of nitrogens with one attached hydrogen (secondary N) is 1. The van der Waals surface area contributed by atoms with Crippen LogP contribution in [0.3, 0.4) is 0 Å². The van der Waals surface area contributed by atoms with Gasteiger partial charge < -0.3 is 14.8 Å². The summed E-state index contributed by atoms with van der Waals surface area (Å²) >= 11 is 0. The van der Waals surface area contributed by atoms with Gasteiger partial charge in [0.15, 0.2) is 6.61 Å². The van der Waals surface area contributed by atoms with Gasteiger partial charge in [0, 0.05) is 13.2 Å². The molecule has 0 radical (unpaired) electrons. The number of hydrogen-bond donors (Lipinski definition) is 1. The Morgan fingerprint density at radius 3 is 3.15 bits per heavy atom. The molecular formula is C16H22N2O2. The highest BCUT2D eigenvalue weighted by atomic mass is 16.5. The van der Waals surface area contributed by atoms with Crippen LogP contribution < -0.4 is 10.1 Å². The highest BCUT2D eigenvalue weighted by Crippen LogP contribution is 2.15. The summed E-state index contributed by atoms with van der Waals surface area (Å²) in [6.45, 7) is 2.79. The molecule has 1 unspecified atom stereocenters. The number of benzene rings is 1. The summed E-state index contributed by atoms with van der Waals surface area (Å²) in [5.41, 5.74) is 1.17. The predicted octanol–water partition coefficient (Wildman–Crippen LogP) is 2.64. The Kier molecular flexibility index (Phi) is 6.36. The summed E-state index contributed by atoms with van der Waals surface area (Å²) in [5, 5.41) is 11.9. The van der Waals surface area contributed by atoms with Crippen molar-refractivity contribution in [1.82, 2.24) is 5.32 Å². The summed E-state index contributed by atoms with van der Waals surface area (Å²) in [6, 6.07) is 9.83. The van der Waals surface area contributed by atoms with Crippen molar-refractivity contribution in [2.75, 3.05) is 19.8 Å². The van der Waals surface area contributed by atoms with Gasteiger partial charge in [-0.3, -0.25) is 0 Å². The van der Waals surface area contributed by atoms with E-state index in [1.807, 2.05) is 24.3 Å². The van der Waals surface area contributed by atoms with Gasteiger partial charge in [0.1, 0.15) is 11.8 Å². The molecule has 0 amide bonds. The van der Waals surface area contributed by atoms with Crippen molar-refractivity contribution in [2.24, 2.45) is 0 Å². The molecule has 108 valence electrons. The predicted molar refractivity (Wildman–Crippen MR) is 77.5 cm³/mol. The van der Waals surface area contributed by atoms with Crippen molar-refractivity contribution < 1.29 is 9.47 Å². The first-order valence-corrected chi connectivity index (χ1v) is 7.29. The van der Waals surface area contributed by atoms with E-state index < -0.39 is 0 Å². The maximum Gasteiger partial charge on any atom is 0.174 e. The van der Waals surface area contributed by atoms with E-state index in [4.69, 9.17) is 14.7 Å². The van der Waals surface area contributed by atoms with Gasteiger partial charge in [-0.2, -0.15) is 5.26 Å². The zero-order chi connectivity index (χ0) is 14.0. The van der Waals surface area contributed by atoms with Crippen molar-refractivity contribution in [3.8, 4) is 11.8 Å². The standard InChI is InChI=1S/C16H22N2O2/c17-8-11-20-16-6-3-4-14(12-16)13-18-9-7-15-5-1-2-10-19-15/h3-4,6,12,15,18H,1-2,5,7,9-11,13H2. The van der Waals surface area contributed by atoms with Crippen molar-refractivity contribution in [2.45, 2.75) is 38.3 Å². The number of ether oxygens (including phenoxy) is 2. The molecule has 0 aromatic heterocycles. The average molecular weight is 274 g/mol. The highest BCUT2D eigenvalue weighted by Gasteiger charge is 2.12. The van der Waals surface area contributed by atoms with Crippen LogP contribution in [0.1, 0.15) is 31.2 Å². The molecule has 4 nitrogen and oxygen atoms in total. The molecule has 1 aromatic carbocycles. The Hall–Kier alpha value is -1.57. The van der Waals surface area contributed by atoms with Gasteiger partial charge in [-0.15, -0.1) is 0 Å². The van der Waals surface area contributed by atoms with E-state index >= 15 is 0 Å². The number of nitriles is 1. The van der Waals surface area contributed by atoms with Gasteiger partial charge in [0.25, 0.3) is 0 Å². The summed E-state index contributed by atoms with van der Waals surface area (Å²) in [6.07, 6.45) is 5.20. The van der Waals surface area contributed by atoms with Crippen molar-refractivity contribution >= 4 is 0 Å². The second-order valence-electron chi connectivity index (χ2n) is 5.05. The third-order valence-electron chi connectivity index (χ3n) is 3.45. The molecule has 1 fully saturated rings. The van der Waals surface area contributed by atoms with Crippen LogP contribution in [0, 0.1) is 11.3 Å². The molecule has 4 heteroatoms. The third kappa shape index (κ3) is 5.20. The molecule has 20 heavy (non-hydrogen) atoms. The first-order valence-electron chi connectivity index (χ1n) is 7.29. The lowest BCUT2D eigenvalue weighted by Gasteiger charge is -2.22. The molecule has 1 N–H and O–H groups in total. The molecule has 0 saturated carbocycles. The van der Waals surface area contributed by atoms with E-state index in [0.29, 0.717) is 6.10 Å². The Balaban J connectivity index is 1.66. The van der Waals surface area contributed by atoms with E-state index in [-0.39, 0.29) is 6.61 Å². The maximum atomic E-state index is 8.49. The van der Waals surface area contributed by atoms with E-state index in [2.05, 4.69) is 11.4 Å². The Morgan fingerprint density at radius 2 is 2.35 bits per heavy atom. The van der Waals surface area contributed by atoms with Crippen molar-refractivity contribution in [3.63, 3.8) is 0 Å². The van der Waals surface area contributed by atoms with E-state index in [0.717, 1.165) is 31.9 Å². The summed E-state index contributed by atoms with van der Waals surface area (Å²) in [5.74, 6) is 0.751. The van der Waals surface area contributed by atoms with Crippen LogP contribution in [0.4, 0.5) is 0 Å². The van der Waals surface area contributed by atoms with E-state index in [1.54, 1.807) is 0 Å². The van der Waals surface area contributed by atoms with Crippen molar-refractivity contribution in [3.05, 3.63) is 29.8 Å². The number of rotatable bonds is 7. The molecule has 1 saturated heterocycles. The Morgan fingerprint density at radius 1 is 1.40 bits per heavy atom. The zero-order valence-electron chi connectivity index (χ0n) is 11.8. The molecule has 1 aliphatic heterocycles. The van der Waals surface area contributed by atoms with Gasteiger partial charge in [0.2, 0.25) is 0 Å². The van der Waals surface area contributed by atoms with E-state index in [9.17, 15) is 0 Å². The average Bonchev–Trinajstić information content (AvgIpc) is 2.51. The Bertz CT molecular complexity index is 436. The largest absolute Gasteiger partial charge is 0.479 e. The SMILES string of the molecule is N#CCOc1cccc(CNCCC2CCCCO2)c1. The molecule has 0 bridgehead atoms. The fraction of sp³-hybridized carbons (Fsp3) is 0.562. The molecule has 0 aliphatic carbocycles. The fourth-order valence-electron chi connectivity index (χ4n) is 2.39. The fourth-order valence-corrected chi connectivity index (χ4v) is 2.39. The number of nitrogens with zero attached hydrogens (tertiary/aromatic N) is 1. The molecule has 1 aromatic rings. The second-order valence-corrected chi connectivity index (χ2v) is 5.05. The molecular weight excluding hydrogens is 252 g/mol. The summed E-state index contributed by atoms with van der Waals surface area (Å²) in [7, 11) is 0. The van der Waals surface area contributed by atoms with Crippen LogP contribution >= 0.6 is 0 Å². The zero-order valence-corrected chi connectivity index (χ0v) is 11.8. The van der Waals surface area contributed by atoms with Crippen LogP contribution in [-0.4, -0.2) is 25.9 Å². The van der Waals surface area contributed by atoms with Gasteiger partial charge in [-0.25, -0.2) is 0 Å². The highest BCUT2D eigenvalue weighted by molar-refractivity contribution is 5.28. The quantitative estimate of drug-likeness (QED) is 0.777. The lowest BCUT2D eigenvalue weighted by Crippen LogP contribution is -2.25. The van der Waals surface area contributed by atoms with Crippen LogP contribution in [0.25, 0.3) is 0 Å². The normalized spacial score (nSPS) is 18.4. The topological polar surface area (TPSA) is 54.3 Å². The van der Waals surface area contributed by atoms with Crippen LogP contribution in [0.15, 0.2) is 24.3 Å². The molecule has 0 spiro atoms. The van der Waals surface area contributed by atoms with Crippen molar-refractivity contribution in [1.29, 1.82) is 5.26 Å². The first kappa shape index (κ1) is 14.8.